The van der Waals surface area contributed by atoms with E-state index >= 15 is 0 Å². The lowest BCUT2D eigenvalue weighted by atomic mass is 10.3. The molecule has 2 heterocycles. The smallest absolute Gasteiger partial charge is 0.315 e. The Morgan fingerprint density at radius 1 is 1.47 bits per heavy atom. The fourth-order valence-electron chi connectivity index (χ4n) is 1.12. The maximum atomic E-state index is 5.37. The van der Waals surface area contributed by atoms with Crippen LogP contribution in [0.3, 0.4) is 0 Å². The van der Waals surface area contributed by atoms with Crippen LogP contribution in [0.2, 0.25) is 0 Å². The van der Waals surface area contributed by atoms with Crippen molar-refractivity contribution >= 4 is 17.4 Å². The highest BCUT2D eigenvalue weighted by Gasteiger charge is 2.04. The summed E-state index contributed by atoms with van der Waals surface area (Å²) in [6.07, 6.45) is 0.618. The number of aromatic nitrogens is 2. The standard InChI is InChI=1S/C9H12N4OS/c10-3-1-8-12-13-9(14-8)11-5-7-2-4-15-6-7/h2,4,6H,1,3,5,10H2,(H,11,13). The van der Waals surface area contributed by atoms with Gasteiger partial charge in [0.2, 0.25) is 5.89 Å². The summed E-state index contributed by atoms with van der Waals surface area (Å²) in [5.74, 6) is 0.574. The molecule has 0 aliphatic carbocycles. The van der Waals surface area contributed by atoms with E-state index in [1.165, 1.54) is 5.56 Å². The van der Waals surface area contributed by atoms with Gasteiger partial charge in [-0.1, -0.05) is 5.10 Å². The number of hydrogen-bond acceptors (Lipinski definition) is 6. The summed E-state index contributed by atoms with van der Waals surface area (Å²) in [5, 5.41) is 14.9. The number of thiophene rings is 1. The molecule has 0 spiro atoms. The molecular formula is C9H12N4OS. The highest BCUT2D eigenvalue weighted by molar-refractivity contribution is 7.07. The predicted octanol–water partition coefficient (Wildman–Crippen LogP) is 1.24. The van der Waals surface area contributed by atoms with Crippen molar-refractivity contribution < 1.29 is 4.42 Å². The zero-order valence-electron chi connectivity index (χ0n) is 8.14. The zero-order chi connectivity index (χ0) is 10.5. The van der Waals surface area contributed by atoms with Crippen LogP contribution >= 0.6 is 11.3 Å². The van der Waals surface area contributed by atoms with Crippen LogP contribution < -0.4 is 11.1 Å². The van der Waals surface area contributed by atoms with E-state index in [1.54, 1.807) is 11.3 Å². The Morgan fingerprint density at radius 3 is 3.13 bits per heavy atom. The minimum atomic E-state index is 0.449. The first-order valence-electron chi connectivity index (χ1n) is 4.66. The molecule has 0 radical (unpaired) electrons. The lowest BCUT2D eigenvalue weighted by Gasteiger charge is -1.97. The highest BCUT2D eigenvalue weighted by atomic mass is 32.1. The Morgan fingerprint density at radius 2 is 2.40 bits per heavy atom. The van der Waals surface area contributed by atoms with E-state index in [2.05, 4.69) is 27.0 Å². The van der Waals surface area contributed by atoms with Gasteiger partial charge in [0.15, 0.2) is 0 Å². The molecule has 5 nitrogen and oxygen atoms in total. The molecule has 0 saturated heterocycles. The van der Waals surface area contributed by atoms with Crippen molar-refractivity contribution in [2.45, 2.75) is 13.0 Å². The van der Waals surface area contributed by atoms with Crippen molar-refractivity contribution in [2.75, 3.05) is 11.9 Å². The van der Waals surface area contributed by atoms with Crippen LogP contribution in [0.1, 0.15) is 11.5 Å². The topological polar surface area (TPSA) is 77.0 Å². The molecule has 0 bridgehead atoms. The maximum absolute atomic E-state index is 5.37. The molecule has 0 aliphatic heterocycles. The predicted molar refractivity (Wildman–Crippen MR) is 58.7 cm³/mol. The second kappa shape index (κ2) is 4.90. The Kier molecular flexibility index (Phi) is 3.31. The van der Waals surface area contributed by atoms with Crippen LogP contribution in [0.5, 0.6) is 0 Å². The summed E-state index contributed by atoms with van der Waals surface area (Å²) >= 11 is 1.66. The van der Waals surface area contributed by atoms with Gasteiger partial charge < -0.3 is 15.5 Å². The normalized spacial score (nSPS) is 10.5. The quantitative estimate of drug-likeness (QED) is 0.799. The maximum Gasteiger partial charge on any atom is 0.315 e. The first-order chi connectivity index (χ1) is 7.38. The summed E-state index contributed by atoms with van der Waals surface area (Å²) in [6.45, 7) is 1.22. The average Bonchev–Trinajstić information content (AvgIpc) is 2.85. The molecule has 0 fully saturated rings. The van der Waals surface area contributed by atoms with Gasteiger partial charge in [0, 0.05) is 19.5 Å². The summed E-state index contributed by atoms with van der Waals surface area (Å²) in [7, 11) is 0. The van der Waals surface area contributed by atoms with Crippen molar-refractivity contribution in [1.29, 1.82) is 0 Å². The fourth-order valence-corrected chi connectivity index (χ4v) is 1.79. The van der Waals surface area contributed by atoms with Gasteiger partial charge in [0.05, 0.1) is 0 Å². The Balaban J connectivity index is 1.88. The third-order valence-corrected chi connectivity index (χ3v) is 2.58. The molecule has 0 saturated carbocycles. The van der Waals surface area contributed by atoms with E-state index in [0.717, 1.165) is 0 Å². The van der Waals surface area contributed by atoms with Crippen molar-refractivity contribution in [3.05, 3.63) is 28.3 Å². The second-order valence-electron chi connectivity index (χ2n) is 3.02. The van der Waals surface area contributed by atoms with Gasteiger partial charge in [-0.25, -0.2) is 0 Å². The molecule has 2 aromatic heterocycles. The Labute approximate surface area is 91.3 Å². The monoisotopic (exact) mass is 224 g/mol. The Hall–Kier alpha value is -1.40. The molecule has 80 valence electrons. The molecule has 2 rings (SSSR count). The lowest BCUT2D eigenvalue weighted by Crippen LogP contribution is -2.02. The molecule has 6 heteroatoms. The summed E-state index contributed by atoms with van der Waals surface area (Å²) in [4.78, 5) is 0. The summed E-state index contributed by atoms with van der Waals surface area (Å²) in [5.41, 5.74) is 6.58. The van der Waals surface area contributed by atoms with Crippen LogP contribution in [-0.4, -0.2) is 16.7 Å². The fraction of sp³-hybridized carbons (Fsp3) is 0.333. The second-order valence-corrected chi connectivity index (χ2v) is 3.80. The van der Waals surface area contributed by atoms with Gasteiger partial charge in [0.1, 0.15) is 0 Å². The SMILES string of the molecule is NCCc1nnc(NCc2ccsc2)o1. The van der Waals surface area contributed by atoms with Crippen LogP contribution in [-0.2, 0) is 13.0 Å². The third kappa shape index (κ3) is 2.77. The Bertz CT molecular complexity index is 398. The van der Waals surface area contributed by atoms with E-state index < -0.39 is 0 Å². The lowest BCUT2D eigenvalue weighted by molar-refractivity contribution is 0.506. The molecule has 0 aromatic carbocycles. The number of nitrogens with one attached hydrogen (secondary N) is 1. The zero-order valence-corrected chi connectivity index (χ0v) is 8.96. The molecule has 15 heavy (non-hydrogen) atoms. The number of nitrogens with two attached hydrogens (primary N) is 1. The van der Waals surface area contributed by atoms with Crippen molar-refractivity contribution in [1.82, 2.24) is 10.2 Å². The number of anilines is 1. The van der Waals surface area contributed by atoms with Gasteiger partial charge in [-0.05, 0) is 22.4 Å². The van der Waals surface area contributed by atoms with E-state index in [9.17, 15) is 0 Å². The van der Waals surface area contributed by atoms with Gasteiger partial charge in [-0.15, -0.1) is 5.10 Å². The van der Waals surface area contributed by atoms with Crippen LogP contribution in [0, 0.1) is 0 Å². The largest absolute Gasteiger partial charge is 0.408 e. The van der Waals surface area contributed by atoms with Crippen molar-refractivity contribution in [3.63, 3.8) is 0 Å². The first-order valence-corrected chi connectivity index (χ1v) is 5.60. The number of rotatable bonds is 5. The van der Waals surface area contributed by atoms with Crippen molar-refractivity contribution in [2.24, 2.45) is 5.73 Å². The number of hydrogen-bond donors (Lipinski definition) is 2. The highest BCUT2D eigenvalue weighted by Crippen LogP contribution is 2.10. The van der Waals surface area contributed by atoms with E-state index in [4.69, 9.17) is 10.2 Å². The van der Waals surface area contributed by atoms with E-state index in [-0.39, 0.29) is 0 Å². The molecule has 0 unspecified atom stereocenters. The minimum Gasteiger partial charge on any atom is -0.408 e. The van der Waals surface area contributed by atoms with Gasteiger partial charge >= 0.3 is 6.01 Å². The summed E-state index contributed by atoms with van der Waals surface area (Å²) in [6, 6.07) is 2.50. The molecular weight excluding hydrogens is 212 g/mol. The average molecular weight is 224 g/mol. The van der Waals surface area contributed by atoms with Crippen LogP contribution in [0.15, 0.2) is 21.2 Å². The molecule has 0 aliphatic rings. The van der Waals surface area contributed by atoms with Gasteiger partial charge in [0.25, 0.3) is 0 Å². The molecule has 0 amide bonds. The van der Waals surface area contributed by atoms with Crippen LogP contribution in [0.4, 0.5) is 6.01 Å². The van der Waals surface area contributed by atoms with E-state index in [0.29, 0.717) is 31.4 Å². The summed E-state index contributed by atoms with van der Waals surface area (Å²) < 4.78 is 5.31. The van der Waals surface area contributed by atoms with Gasteiger partial charge in [-0.3, -0.25) is 0 Å². The van der Waals surface area contributed by atoms with Gasteiger partial charge in [-0.2, -0.15) is 11.3 Å². The first kappa shape index (κ1) is 10.1. The molecule has 0 atom stereocenters. The van der Waals surface area contributed by atoms with Crippen molar-refractivity contribution in [3.8, 4) is 0 Å². The van der Waals surface area contributed by atoms with Crippen LogP contribution in [0.25, 0.3) is 0 Å². The minimum absolute atomic E-state index is 0.449. The van der Waals surface area contributed by atoms with E-state index in [1.807, 2.05) is 5.38 Å². The third-order valence-electron chi connectivity index (χ3n) is 1.85. The number of nitrogens with zero attached hydrogens (tertiary/aromatic N) is 2. The molecule has 3 N–H and O–H groups in total. The molecule has 2 aromatic rings.